The molecule has 2 fully saturated rings. The van der Waals surface area contributed by atoms with Crippen LogP contribution in [0.5, 0.6) is 23.0 Å². The molecule has 0 aliphatic carbocycles. The van der Waals surface area contributed by atoms with Crippen molar-refractivity contribution in [3.8, 4) is 23.0 Å². The maximum atomic E-state index is 6.27. The van der Waals surface area contributed by atoms with Crippen LogP contribution in [0, 0.1) is 0 Å². The molecule has 2 aromatic carbocycles. The first-order chi connectivity index (χ1) is 15.7. The highest BCUT2D eigenvalue weighted by Gasteiger charge is 2.48. The molecule has 0 bridgehead atoms. The normalized spacial score (nSPS) is 23.3. The van der Waals surface area contributed by atoms with E-state index in [1.54, 1.807) is 0 Å². The van der Waals surface area contributed by atoms with Gasteiger partial charge in [-0.15, -0.1) is 0 Å². The number of likely N-dealkylation sites (tertiary alicyclic amines) is 2. The van der Waals surface area contributed by atoms with E-state index in [4.69, 9.17) is 18.9 Å². The molecule has 4 aliphatic rings. The lowest BCUT2D eigenvalue weighted by molar-refractivity contribution is -0.152. The van der Waals surface area contributed by atoms with Gasteiger partial charge in [-0.2, -0.15) is 0 Å². The summed E-state index contributed by atoms with van der Waals surface area (Å²) in [6.45, 7) is 6.22. The monoisotopic (exact) mass is 436 g/mol. The van der Waals surface area contributed by atoms with Gasteiger partial charge in [-0.1, -0.05) is 37.6 Å². The Hall–Kier alpha value is -2.44. The Labute approximate surface area is 190 Å². The zero-order valence-electron chi connectivity index (χ0n) is 18.8. The van der Waals surface area contributed by atoms with Gasteiger partial charge in [-0.3, -0.25) is 9.80 Å². The molecule has 32 heavy (non-hydrogen) atoms. The number of hydrogen-bond acceptors (Lipinski definition) is 6. The summed E-state index contributed by atoms with van der Waals surface area (Å²) >= 11 is 0. The highest BCUT2D eigenvalue weighted by molar-refractivity contribution is 5.43. The Morgan fingerprint density at radius 1 is 0.656 bits per heavy atom. The second-order valence-electron chi connectivity index (χ2n) is 9.46. The van der Waals surface area contributed by atoms with Gasteiger partial charge in [-0.05, 0) is 30.7 Å². The molecule has 0 unspecified atom stereocenters. The molecule has 6 rings (SSSR count). The van der Waals surface area contributed by atoms with Crippen molar-refractivity contribution < 1.29 is 18.9 Å². The molecule has 2 spiro atoms. The molecule has 6 nitrogen and oxygen atoms in total. The van der Waals surface area contributed by atoms with Gasteiger partial charge < -0.3 is 18.9 Å². The van der Waals surface area contributed by atoms with Crippen LogP contribution in [-0.2, 0) is 0 Å². The Morgan fingerprint density at radius 3 is 1.31 bits per heavy atom. The third-order valence-electron chi connectivity index (χ3n) is 7.39. The van der Waals surface area contributed by atoms with Crippen molar-refractivity contribution >= 4 is 0 Å². The summed E-state index contributed by atoms with van der Waals surface area (Å²) in [4.78, 5) is 5.27. The highest BCUT2D eigenvalue weighted by Crippen LogP contribution is 2.45. The van der Waals surface area contributed by atoms with Gasteiger partial charge in [0.2, 0.25) is 0 Å². The second kappa shape index (κ2) is 7.85. The molecule has 0 N–H and O–H groups in total. The zero-order chi connectivity index (χ0) is 21.6. The summed E-state index contributed by atoms with van der Waals surface area (Å²) in [5.41, 5.74) is 0. The smallest absolute Gasteiger partial charge is 0.254 e. The number of para-hydroxylation sites is 4. The third-order valence-corrected chi connectivity index (χ3v) is 7.39. The van der Waals surface area contributed by atoms with E-state index in [0.29, 0.717) is 6.17 Å². The Bertz CT molecular complexity index is 834. The molecule has 0 aromatic heterocycles. The molecule has 6 heteroatoms. The summed E-state index contributed by atoms with van der Waals surface area (Å²) in [5, 5.41) is 0. The summed E-state index contributed by atoms with van der Waals surface area (Å²) in [7, 11) is 0. The maximum Gasteiger partial charge on any atom is 0.254 e. The van der Waals surface area contributed by atoms with E-state index < -0.39 is 11.6 Å². The van der Waals surface area contributed by atoms with E-state index in [2.05, 4.69) is 16.7 Å². The summed E-state index contributed by atoms with van der Waals surface area (Å²) in [6, 6.07) is 16.0. The van der Waals surface area contributed by atoms with Crippen LogP contribution in [0.1, 0.15) is 45.4 Å². The molecule has 2 saturated heterocycles. The van der Waals surface area contributed by atoms with Gasteiger partial charge in [0.05, 0.1) is 6.17 Å². The van der Waals surface area contributed by atoms with Crippen LogP contribution < -0.4 is 18.9 Å². The van der Waals surface area contributed by atoms with E-state index >= 15 is 0 Å². The van der Waals surface area contributed by atoms with Crippen LogP contribution >= 0.6 is 0 Å². The lowest BCUT2D eigenvalue weighted by Crippen LogP contribution is -2.59. The minimum Gasteiger partial charge on any atom is -0.448 e. The first kappa shape index (κ1) is 20.2. The molecular weight excluding hydrogens is 404 g/mol. The first-order valence-corrected chi connectivity index (χ1v) is 12.1. The van der Waals surface area contributed by atoms with Gasteiger partial charge in [-0.25, -0.2) is 0 Å². The topological polar surface area (TPSA) is 43.4 Å². The number of piperidine rings is 2. The highest BCUT2D eigenvalue weighted by atomic mass is 16.7. The average Bonchev–Trinajstić information content (AvgIpc) is 3.36. The van der Waals surface area contributed by atoms with Crippen molar-refractivity contribution in [3.63, 3.8) is 0 Å². The second-order valence-corrected chi connectivity index (χ2v) is 9.46. The largest absolute Gasteiger partial charge is 0.448 e. The fourth-order valence-electron chi connectivity index (χ4n) is 5.67. The van der Waals surface area contributed by atoms with Crippen LogP contribution in [0.4, 0.5) is 0 Å². The molecule has 170 valence electrons. The molecule has 0 amide bonds. The fraction of sp³-hybridized carbons (Fsp3) is 0.538. The first-order valence-electron chi connectivity index (χ1n) is 12.1. The summed E-state index contributed by atoms with van der Waals surface area (Å²) < 4.78 is 25.1. The summed E-state index contributed by atoms with van der Waals surface area (Å²) in [6.07, 6.45) is 6.35. The van der Waals surface area contributed by atoms with Crippen LogP contribution in [0.3, 0.4) is 0 Å². The van der Waals surface area contributed by atoms with Gasteiger partial charge in [0.1, 0.15) is 0 Å². The van der Waals surface area contributed by atoms with Crippen LogP contribution in [-0.4, -0.2) is 53.7 Å². The molecule has 0 saturated carbocycles. The van der Waals surface area contributed by atoms with Crippen molar-refractivity contribution in [2.24, 2.45) is 0 Å². The van der Waals surface area contributed by atoms with E-state index in [0.717, 1.165) is 74.9 Å². The Balaban J connectivity index is 1.08. The van der Waals surface area contributed by atoms with E-state index in [1.165, 1.54) is 12.8 Å². The van der Waals surface area contributed by atoms with Crippen molar-refractivity contribution in [2.45, 2.75) is 63.2 Å². The predicted molar refractivity (Wildman–Crippen MR) is 121 cm³/mol. The van der Waals surface area contributed by atoms with Gasteiger partial charge in [0.15, 0.2) is 23.0 Å². The van der Waals surface area contributed by atoms with Gasteiger partial charge >= 0.3 is 0 Å². The van der Waals surface area contributed by atoms with Crippen molar-refractivity contribution in [2.75, 3.05) is 26.2 Å². The third kappa shape index (κ3) is 3.50. The molecular formula is C26H32N2O4. The van der Waals surface area contributed by atoms with Crippen LogP contribution in [0.2, 0.25) is 0 Å². The molecule has 4 aliphatic heterocycles. The van der Waals surface area contributed by atoms with Crippen molar-refractivity contribution in [3.05, 3.63) is 48.5 Å². The van der Waals surface area contributed by atoms with Crippen molar-refractivity contribution in [1.29, 1.82) is 0 Å². The lowest BCUT2D eigenvalue weighted by atomic mass is 9.99. The minimum absolute atomic E-state index is 0.447. The van der Waals surface area contributed by atoms with Gasteiger partial charge in [0, 0.05) is 51.9 Å². The Kier molecular flexibility index (Phi) is 4.95. The quantitative estimate of drug-likeness (QED) is 0.696. The standard InChI is InChI=1S/C26H32N2O4/c1-2-7-24(27-16-12-25(13-17-27)29-20-8-3-4-9-21(20)30-25)28-18-14-26(15-19-28)31-22-10-5-6-11-23(22)32-26/h3-6,8-11,24H,2,7,12-19H2,1H3. The summed E-state index contributed by atoms with van der Waals surface area (Å²) in [5.74, 6) is 2.55. The predicted octanol–water partition coefficient (Wildman–Crippen LogP) is 4.64. The fourth-order valence-corrected chi connectivity index (χ4v) is 5.67. The van der Waals surface area contributed by atoms with Crippen LogP contribution in [0.15, 0.2) is 48.5 Å². The number of rotatable bonds is 4. The molecule has 2 aromatic rings. The number of nitrogens with zero attached hydrogens (tertiary/aromatic N) is 2. The Morgan fingerprint density at radius 2 is 1.00 bits per heavy atom. The zero-order valence-corrected chi connectivity index (χ0v) is 18.8. The van der Waals surface area contributed by atoms with E-state index in [-0.39, 0.29) is 0 Å². The number of hydrogen-bond donors (Lipinski definition) is 0. The number of benzene rings is 2. The molecule has 4 heterocycles. The SMILES string of the molecule is CCCC(N1CCC2(CC1)Oc1ccccc1O2)N1CCC2(CC1)Oc1ccccc1O2. The maximum absolute atomic E-state index is 6.27. The van der Waals surface area contributed by atoms with Gasteiger partial charge in [0.25, 0.3) is 11.6 Å². The van der Waals surface area contributed by atoms with E-state index in [1.807, 2.05) is 48.5 Å². The minimum atomic E-state index is -0.486. The lowest BCUT2D eigenvalue weighted by Gasteiger charge is -2.47. The molecule has 0 atom stereocenters. The number of fused-ring (bicyclic) bond motifs is 2. The number of ether oxygens (including phenoxy) is 4. The van der Waals surface area contributed by atoms with Crippen molar-refractivity contribution in [1.82, 2.24) is 9.80 Å². The average molecular weight is 437 g/mol. The van der Waals surface area contributed by atoms with E-state index in [9.17, 15) is 0 Å². The van der Waals surface area contributed by atoms with Crippen LogP contribution in [0.25, 0.3) is 0 Å². The molecule has 0 radical (unpaired) electrons.